The summed E-state index contributed by atoms with van der Waals surface area (Å²) in [6.45, 7) is 3.42. The average molecular weight is 272 g/mol. The van der Waals surface area contributed by atoms with E-state index in [4.69, 9.17) is 10.00 Å². The molecule has 1 atom stereocenters. The van der Waals surface area contributed by atoms with Gasteiger partial charge in [0.25, 0.3) is 5.91 Å². The molecule has 1 saturated heterocycles. The van der Waals surface area contributed by atoms with Gasteiger partial charge in [-0.05, 0) is 38.0 Å². The van der Waals surface area contributed by atoms with Gasteiger partial charge < -0.3 is 9.64 Å². The van der Waals surface area contributed by atoms with Gasteiger partial charge in [0.05, 0.1) is 11.6 Å². The van der Waals surface area contributed by atoms with Crippen molar-refractivity contribution in [3.8, 4) is 11.8 Å². The van der Waals surface area contributed by atoms with Gasteiger partial charge in [-0.15, -0.1) is 0 Å². The lowest BCUT2D eigenvalue weighted by atomic mass is 10.2. The number of rotatable bonds is 3. The van der Waals surface area contributed by atoms with Crippen LogP contribution in [0.3, 0.4) is 0 Å². The van der Waals surface area contributed by atoms with Crippen molar-refractivity contribution in [1.82, 2.24) is 4.90 Å². The van der Waals surface area contributed by atoms with E-state index in [1.54, 1.807) is 31.2 Å². The van der Waals surface area contributed by atoms with Gasteiger partial charge in [-0.3, -0.25) is 4.79 Å². The molecule has 1 unspecified atom stereocenters. The highest BCUT2D eigenvalue weighted by molar-refractivity contribution is 5.80. The van der Waals surface area contributed by atoms with E-state index in [0.717, 1.165) is 25.9 Å². The molecule has 1 amide bonds. The van der Waals surface area contributed by atoms with Crippen molar-refractivity contribution in [2.24, 2.45) is 0 Å². The van der Waals surface area contributed by atoms with E-state index >= 15 is 0 Å². The number of hydrogen-bond acceptors (Lipinski definition) is 3. The van der Waals surface area contributed by atoms with E-state index in [0.29, 0.717) is 11.3 Å². The number of amides is 1. The highest BCUT2D eigenvalue weighted by Crippen LogP contribution is 2.16. The fraction of sp³-hybridized carbons (Fsp3) is 0.500. The monoisotopic (exact) mass is 272 g/mol. The zero-order valence-electron chi connectivity index (χ0n) is 11.8. The highest BCUT2D eigenvalue weighted by Gasteiger charge is 2.22. The van der Waals surface area contributed by atoms with Gasteiger partial charge in [-0.2, -0.15) is 5.26 Å². The maximum atomic E-state index is 12.3. The molecule has 1 aliphatic rings. The number of likely N-dealkylation sites (tertiary alicyclic amines) is 1. The van der Waals surface area contributed by atoms with Gasteiger partial charge >= 0.3 is 0 Å². The Bertz CT molecular complexity index is 499. The first-order valence-electron chi connectivity index (χ1n) is 7.16. The minimum absolute atomic E-state index is 0.0364. The SMILES string of the molecule is CC(Oc1cccc(C#N)c1)C(=O)N1CCCCCC1. The maximum Gasteiger partial charge on any atom is 0.263 e. The Balaban J connectivity index is 1.97. The maximum absolute atomic E-state index is 12.3. The van der Waals surface area contributed by atoms with Crippen LogP contribution in [0.25, 0.3) is 0 Å². The fourth-order valence-electron chi connectivity index (χ4n) is 2.44. The Kier molecular flexibility index (Phi) is 5.00. The Hall–Kier alpha value is -2.02. The summed E-state index contributed by atoms with van der Waals surface area (Å²) in [5.41, 5.74) is 0.539. The molecule has 20 heavy (non-hydrogen) atoms. The molecule has 0 aliphatic carbocycles. The lowest BCUT2D eigenvalue weighted by molar-refractivity contribution is -0.137. The molecule has 0 radical (unpaired) electrons. The van der Waals surface area contributed by atoms with Crippen LogP contribution in [0.15, 0.2) is 24.3 Å². The molecule has 4 heteroatoms. The fourth-order valence-corrected chi connectivity index (χ4v) is 2.44. The zero-order chi connectivity index (χ0) is 14.4. The van der Waals surface area contributed by atoms with E-state index in [2.05, 4.69) is 6.07 Å². The Labute approximate surface area is 120 Å². The molecule has 1 heterocycles. The molecule has 0 aromatic heterocycles. The summed E-state index contributed by atoms with van der Waals surface area (Å²) < 4.78 is 5.67. The smallest absolute Gasteiger partial charge is 0.263 e. The topological polar surface area (TPSA) is 53.3 Å². The summed E-state index contributed by atoms with van der Waals surface area (Å²) in [6.07, 6.45) is 4.03. The standard InChI is InChI=1S/C16H20N2O2/c1-13(16(19)18-9-4-2-3-5-10-18)20-15-8-6-7-14(11-15)12-17/h6-8,11,13H,2-5,9-10H2,1H3. The second-order valence-electron chi connectivity index (χ2n) is 5.14. The molecule has 1 aromatic rings. The van der Waals surface area contributed by atoms with Crippen molar-refractivity contribution in [2.75, 3.05) is 13.1 Å². The zero-order valence-corrected chi connectivity index (χ0v) is 11.8. The van der Waals surface area contributed by atoms with Crippen LogP contribution in [0.5, 0.6) is 5.75 Å². The van der Waals surface area contributed by atoms with Crippen molar-refractivity contribution in [1.29, 1.82) is 5.26 Å². The van der Waals surface area contributed by atoms with Crippen LogP contribution in [0.1, 0.15) is 38.2 Å². The molecule has 1 aliphatic heterocycles. The molecule has 0 saturated carbocycles. The second kappa shape index (κ2) is 6.95. The highest BCUT2D eigenvalue weighted by atomic mass is 16.5. The summed E-state index contributed by atoms with van der Waals surface area (Å²) in [4.78, 5) is 14.2. The van der Waals surface area contributed by atoms with Gasteiger partial charge in [-0.25, -0.2) is 0 Å². The molecule has 1 aromatic carbocycles. The van der Waals surface area contributed by atoms with Crippen molar-refractivity contribution in [3.05, 3.63) is 29.8 Å². The number of ether oxygens (including phenoxy) is 1. The average Bonchev–Trinajstić information content (AvgIpc) is 2.75. The first-order valence-corrected chi connectivity index (χ1v) is 7.16. The first-order chi connectivity index (χ1) is 9.70. The van der Waals surface area contributed by atoms with E-state index in [9.17, 15) is 4.79 Å². The number of hydrogen-bond donors (Lipinski definition) is 0. The van der Waals surface area contributed by atoms with Crippen LogP contribution < -0.4 is 4.74 Å². The van der Waals surface area contributed by atoms with E-state index < -0.39 is 6.10 Å². The van der Waals surface area contributed by atoms with Crippen molar-refractivity contribution < 1.29 is 9.53 Å². The number of carbonyl (C=O) groups excluding carboxylic acids is 1. The van der Waals surface area contributed by atoms with E-state index in [-0.39, 0.29) is 5.91 Å². The molecule has 2 rings (SSSR count). The summed E-state index contributed by atoms with van der Waals surface area (Å²) in [6, 6.07) is 8.97. The van der Waals surface area contributed by atoms with Gasteiger partial charge in [-0.1, -0.05) is 18.9 Å². The van der Waals surface area contributed by atoms with Crippen LogP contribution >= 0.6 is 0 Å². The predicted octanol–water partition coefficient (Wildman–Crippen LogP) is 2.73. The molecule has 0 spiro atoms. The Morgan fingerprint density at radius 3 is 2.65 bits per heavy atom. The number of carbonyl (C=O) groups is 1. The summed E-state index contributed by atoms with van der Waals surface area (Å²) in [7, 11) is 0. The third-order valence-corrected chi connectivity index (χ3v) is 3.54. The number of nitriles is 1. The number of benzene rings is 1. The quantitative estimate of drug-likeness (QED) is 0.850. The van der Waals surface area contributed by atoms with E-state index in [1.165, 1.54) is 12.8 Å². The molecule has 106 valence electrons. The van der Waals surface area contributed by atoms with Crippen LogP contribution in [-0.4, -0.2) is 30.0 Å². The van der Waals surface area contributed by atoms with Gasteiger partial charge in [0.15, 0.2) is 6.10 Å². The van der Waals surface area contributed by atoms with Crippen molar-refractivity contribution >= 4 is 5.91 Å². The first kappa shape index (κ1) is 14.4. The van der Waals surface area contributed by atoms with Crippen molar-refractivity contribution in [2.45, 2.75) is 38.7 Å². The normalized spacial score (nSPS) is 16.9. The van der Waals surface area contributed by atoms with Crippen LogP contribution in [0.2, 0.25) is 0 Å². The minimum atomic E-state index is -0.512. The van der Waals surface area contributed by atoms with Crippen molar-refractivity contribution in [3.63, 3.8) is 0 Å². The molecule has 0 bridgehead atoms. The summed E-state index contributed by atoms with van der Waals surface area (Å²) in [5, 5.41) is 8.86. The minimum Gasteiger partial charge on any atom is -0.481 e. The lowest BCUT2D eigenvalue weighted by Gasteiger charge is -2.24. The van der Waals surface area contributed by atoms with Crippen LogP contribution in [0, 0.1) is 11.3 Å². The molecule has 4 nitrogen and oxygen atoms in total. The molecular formula is C16H20N2O2. The van der Waals surface area contributed by atoms with Crippen LogP contribution in [-0.2, 0) is 4.79 Å². The Morgan fingerprint density at radius 2 is 2.00 bits per heavy atom. The third kappa shape index (κ3) is 3.74. The largest absolute Gasteiger partial charge is 0.481 e. The van der Waals surface area contributed by atoms with Gasteiger partial charge in [0, 0.05) is 13.1 Å². The third-order valence-electron chi connectivity index (χ3n) is 3.54. The van der Waals surface area contributed by atoms with Gasteiger partial charge in [0.2, 0.25) is 0 Å². The van der Waals surface area contributed by atoms with Crippen LogP contribution in [0.4, 0.5) is 0 Å². The molecule has 0 N–H and O–H groups in total. The summed E-state index contributed by atoms with van der Waals surface area (Å²) >= 11 is 0. The predicted molar refractivity (Wildman–Crippen MR) is 76.3 cm³/mol. The Morgan fingerprint density at radius 1 is 1.30 bits per heavy atom. The summed E-state index contributed by atoms with van der Waals surface area (Å²) in [5.74, 6) is 0.606. The molecule has 1 fully saturated rings. The number of nitrogens with zero attached hydrogens (tertiary/aromatic N) is 2. The molecular weight excluding hydrogens is 252 g/mol. The van der Waals surface area contributed by atoms with Gasteiger partial charge in [0.1, 0.15) is 5.75 Å². The lowest BCUT2D eigenvalue weighted by Crippen LogP contribution is -2.41. The second-order valence-corrected chi connectivity index (χ2v) is 5.14. The van der Waals surface area contributed by atoms with E-state index in [1.807, 2.05) is 4.90 Å².